The topological polar surface area (TPSA) is 66.6 Å². The van der Waals surface area contributed by atoms with Crippen molar-refractivity contribution in [3.05, 3.63) is 35.9 Å². The maximum Gasteiger partial charge on any atom is 0.253 e. The highest BCUT2D eigenvalue weighted by molar-refractivity contribution is 5.94. The van der Waals surface area contributed by atoms with Crippen LogP contribution in [0.1, 0.15) is 23.7 Å². The van der Waals surface area contributed by atoms with Crippen LogP contribution in [0, 0.1) is 5.92 Å². The molecule has 21 heavy (non-hydrogen) atoms. The van der Waals surface area contributed by atoms with Gasteiger partial charge in [0.25, 0.3) is 5.91 Å². The second kappa shape index (κ2) is 7.22. The van der Waals surface area contributed by atoms with Crippen LogP contribution < -0.4 is 5.73 Å². The molecule has 2 amide bonds. The Morgan fingerprint density at radius 3 is 2.19 bits per heavy atom. The van der Waals surface area contributed by atoms with Gasteiger partial charge in [-0.2, -0.15) is 0 Å². The molecule has 1 aliphatic rings. The van der Waals surface area contributed by atoms with E-state index < -0.39 is 0 Å². The van der Waals surface area contributed by atoms with Gasteiger partial charge in [-0.15, -0.1) is 0 Å². The predicted octanol–water partition coefficient (Wildman–Crippen LogP) is 0.956. The van der Waals surface area contributed by atoms with Crippen LogP contribution in [0.15, 0.2) is 30.3 Å². The summed E-state index contributed by atoms with van der Waals surface area (Å²) in [5, 5.41) is 0. The van der Waals surface area contributed by atoms with Crippen LogP contribution in [0.4, 0.5) is 0 Å². The number of hydrogen-bond acceptors (Lipinski definition) is 3. The molecular formula is C16H23N3O2. The first-order valence-electron chi connectivity index (χ1n) is 7.50. The van der Waals surface area contributed by atoms with Gasteiger partial charge < -0.3 is 15.5 Å². The summed E-state index contributed by atoms with van der Waals surface area (Å²) < 4.78 is 0. The van der Waals surface area contributed by atoms with Crippen LogP contribution in [0.3, 0.4) is 0 Å². The second-order valence-corrected chi connectivity index (χ2v) is 5.32. The van der Waals surface area contributed by atoms with Crippen LogP contribution in [0.25, 0.3) is 0 Å². The fraction of sp³-hybridized carbons (Fsp3) is 0.500. The molecule has 0 radical (unpaired) electrons. The molecule has 1 fully saturated rings. The van der Waals surface area contributed by atoms with E-state index in [4.69, 9.17) is 5.73 Å². The zero-order valence-electron chi connectivity index (χ0n) is 12.5. The molecule has 1 saturated heterocycles. The van der Waals surface area contributed by atoms with Crippen molar-refractivity contribution in [2.45, 2.75) is 13.3 Å². The monoisotopic (exact) mass is 289 g/mol. The molecule has 114 valence electrons. The fourth-order valence-corrected chi connectivity index (χ4v) is 2.59. The van der Waals surface area contributed by atoms with E-state index >= 15 is 0 Å². The SMILES string of the molecule is CCC(CN)C(=O)N1CCN(C(=O)c2ccccc2)CC1. The summed E-state index contributed by atoms with van der Waals surface area (Å²) in [5.41, 5.74) is 6.33. The van der Waals surface area contributed by atoms with Crippen LogP contribution in [-0.2, 0) is 4.79 Å². The molecule has 0 saturated carbocycles. The first-order valence-corrected chi connectivity index (χ1v) is 7.50. The van der Waals surface area contributed by atoms with Gasteiger partial charge >= 0.3 is 0 Å². The minimum Gasteiger partial charge on any atom is -0.339 e. The summed E-state index contributed by atoms with van der Waals surface area (Å²) in [6.45, 7) is 4.71. The molecule has 1 aromatic carbocycles. The van der Waals surface area contributed by atoms with Gasteiger partial charge in [0.1, 0.15) is 0 Å². The average molecular weight is 289 g/mol. The third kappa shape index (κ3) is 3.61. The smallest absolute Gasteiger partial charge is 0.253 e. The summed E-state index contributed by atoms with van der Waals surface area (Å²) in [4.78, 5) is 28.2. The maximum absolute atomic E-state index is 12.3. The molecule has 0 spiro atoms. The molecule has 1 atom stereocenters. The van der Waals surface area contributed by atoms with Crippen molar-refractivity contribution in [3.63, 3.8) is 0 Å². The normalized spacial score (nSPS) is 16.7. The van der Waals surface area contributed by atoms with Crippen molar-refractivity contribution < 1.29 is 9.59 Å². The molecule has 2 N–H and O–H groups in total. The standard InChI is InChI=1S/C16H23N3O2/c1-2-13(12-17)15(20)18-8-10-19(11-9-18)16(21)14-6-4-3-5-7-14/h3-7,13H,2,8-12,17H2,1H3. The molecule has 2 rings (SSSR count). The number of rotatable bonds is 4. The summed E-state index contributed by atoms with van der Waals surface area (Å²) in [6.07, 6.45) is 0.762. The highest BCUT2D eigenvalue weighted by Crippen LogP contribution is 2.12. The van der Waals surface area contributed by atoms with Gasteiger partial charge in [-0.05, 0) is 18.6 Å². The second-order valence-electron chi connectivity index (χ2n) is 5.32. The van der Waals surface area contributed by atoms with Crippen molar-refractivity contribution in [1.29, 1.82) is 0 Å². The average Bonchev–Trinajstić information content (AvgIpc) is 2.56. The minimum atomic E-state index is -0.0959. The lowest BCUT2D eigenvalue weighted by Crippen LogP contribution is -2.52. The maximum atomic E-state index is 12.3. The molecule has 0 aromatic heterocycles. The zero-order valence-corrected chi connectivity index (χ0v) is 12.5. The number of amides is 2. The van der Waals surface area contributed by atoms with Crippen LogP contribution in [-0.4, -0.2) is 54.3 Å². The van der Waals surface area contributed by atoms with Crippen LogP contribution in [0.2, 0.25) is 0 Å². The van der Waals surface area contributed by atoms with Crippen molar-refractivity contribution in [2.24, 2.45) is 11.7 Å². The van der Waals surface area contributed by atoms with Gasteiger partial charge in [0.05, 0.1) is 5.92 Å². The van der Waals surface area contributed by atoms with Crippen LogP contribution >= 0.6 is 0 Å². The largest absolute Gasteiger partial charge is 0.339 e. The Bertz CT molecular complexity index is 478. The minimum absolute atomic E-state index is 0.0357. The number of piperazine rings is 1. The summed E-state index contributed by atoms with van der Waals surface area (Å²) in [6, 6.07) is 9.26. The van der Waals surface area contributed by atoms with E-state index in [2.05, 4.69) is 0 Å². The summed E-state index contributed by atoms with van der Waals surface area (Å²) in [5.74, 6) is 0.0572. The van der Waals surface area contributed by atoms with E-state index in [1.807, 2.05) is 47.1 Å². The van der Waals surface area contributed by atoms with Gasteiger partial charge in [0.2, 0.25) is 5.91 Å². The van der Waals surface area contributed by atoms with Gasteiger partial charge in [-0.3, -0.25) is 9.59 Å². The van der Waals surface area contributed by atoms with Crippen molar-refractivity contribution in [2.75, 3.05) is 32.7 Å². The van der Waals surface area contributed by atoms with E-state index in [9.17, 15) is 9.59 Å². The molecule has 1 aromatic rings. The highest BCUT2D eigenvalue weighted by atomic mass is 16.2. The Balaban J connectivity index is 1.91. The molecule has 1 heterocycles. The van der Waals surface area contributed by atoms with E-state index in [1.165, 1.54) is 0 Å². The molecule has 5 heteroatoms. The third-order valence-electron chi connectivity index (χ3n) is 4.03. The fourth-order valence-electron chi connectivity index (χ4n) is 2.59. The number of carbonyl (C=O) groups excluding carboxylic acids is 2. The third-order valence-corrected chi connectivity index (χ3v) is 4.03. The zero-order chi connectivity index (χ0) is 15.2. The van der Waals surface area contributed by atoms with E-state index in [0.717, 1.165) is 6.42 Å². The van der Waals surface area contributed by atoms with Crippen molar-refractivity contribution in [1.82, 2.24) is 9.80 Å². The van der Waals surface area contributed by atoms with Crippen molar-refractivity contribution in [3.8, 4) is 0 Å². The van der Waals surface area contributed by atoms with Gasteiger partial charge in [0, 0.05) is 38.3 Å². The molecule has 0 bridgehead atoms. The molecule has 1 aliphatic heterocycles. The van der Waals surface area contributed by atoms with Gasteiger partial charge in [-0.1, -0.05) is 25.1 Å². The molecule has 5 nitrogen and oxygen atoms in total. The van der Waals surface area contributed by atoms with E-state index in [0.29, 0.717) is 38.3 Å². The summed E-state index contributed by atoms with van der Waals surface area (Å²) >= 11 is 0. The van der Waals surface area contributed by atoms with Crippen molar-refractivity contribution >= 4 is 11.8 Å². The lowest BCUT2D eigenvalue weighted by atomic mass is 10.0. The Morgan fingerprint density at radius 1 is 1.10 bits per heavy atom. The highest BCUT2D eigenvalue weighted by Gasteiger charge is 2.27. The van der Waals surface area contributed by atoms with E-state index in [1.54, 1.807) is 0 Å². The predicted molar refractivity (Wildman–Crippen MR) is 81.8 cm³/mol. The quantitative estimate of drug-likeness (QED) is 0.897. The summed E-state index contributed by atoms with van der Waals surface area (Å²) in [7, 11) is 0. The number of benzene rings is 1. The van der Waals surface area contributed by atoms with Gasteiger partial charge in [0.15, 0.2) is 0 Å². The lowest BCUT2D eigenvalue weighted by Gasteiger charge is -2.36. The van der Waals surface area contributed by atoms with E-state index in [-0.39, 0.29) is 17.7 Å². The molecule has 0 aliphatic carbocycles. The Kier molecular flexibility index (Phi) is 5.33. The Labute approximate surface area is 125 Å². The number of nitrogens with two attached hydrogens (primary N) is 1. The van der Waals surface area contributed by atoms with Crippen LogP contribution in [0.5, 0.6) is 0 Å². The Morgan fingerprint density at radius 2 is 1.67 bits per heavy atom. The first-order chi connectivity index (χ1) is 10.2. The number of hydrogen-bond donors (Lipinski definition) is 1. The number of carbonyl (C=O) groups is 2. The first kappa shape index (κ1) is 15.5. The molecular weight excluding hydrogens is 266 g/mol. The number of nitrogens with zero attached hydrogens (tertiary/aromatic N) is 2. The lowest BCUT2D eigenvalue weighted by molar-refractivity contribution is -0.136. The molecule has 1 unspecified atom stereocenters. The van der Waals surface area contributed by atoms with Gasteiger partial charge in [-0.25, -0.2) is 0 Å². The Hall–Kier alpha value is -1.88.